The maximum Gasteiger partial charge on any atom is 0.213 e. The molecule has 2 aromatic heterocycles. The molecule has 5 nitrogen and oxygen atoms in total. The summed E-state index contributed by atoms with van der Waals surface area (Å²) in [4.78, 5) is 4.38. The van der Waals surface area contributed by atoms with Crippen LogP contribution in [0, 0.1) is 0 Å². The van der Waals surface area contributed by atoms with Crippen LogP contribution in [0.1, 0.15) is 19.3 Å². The van der Waals surface area contributed by atoms with E-state index in [1.165, 1.54) is 0 Å². The van der Waals surface area contributed by atoms with Crippen LogP contribution in [0.2, 0.25) is 0 Å². The highest BCUT2D eigenvalue weighted by molar-refractivity contribution is 5.74. The van der Waals surface area contributed by atoms with Crippen molar-refractivity contribution in [3.05, 3.63) is 18.3 Å². The summed E-state index contributed by atoms with van der Waals surface area (Å²) in [6.45, 7) is 0. The summed E-state index contributed by atoms with van der Waals surface area (Å²) >= 11 is 0. The van der Waals surface area contributed by atoms with Gasteiger partial charge in [0.05, 0.1) is 18.8 Å². The monoisotopic (exact) mass is 230 g/mol. The Labute approximate surface area is 98.6 Å². The van der Waals surface area contributed by atoms with E-state index in [0.717, 1.165) is 30.3 Å². The molecular formula is C12H14N4O. The smallest absolute Gasteiger partial charge is 0.213 e. The molecule has 2 heterocycles. The van der Waals surface area contributed by atoms with Crippen molar-refractivity contribution in [1.82, 2.24) is 14.8 Å². The summed E-state index contributed by atoms with van der Waals surface area (Å²) in [5, 5.41) is 4.59. The second-order valence-electron chi connectivity index (χ2n) is 5.45. The standard InChI is InChI=1S/C12H14N4O/c1-17-10-3-2-8-9(14-10)4-16(15-8)12-5-11(13,6-12)7-12/h2-4H,5-7,13H2,1H3. The van der Waals surface area contributed by atoms with Gasteiger partial charge in [-0.1, -0.05) is 0 Å². The minimum absolute atomic E-state index is 0.100. The maximum absolute atomic E-state index is 6.07. The molecule has 17 heavy (non-hydrogen) atoms. The quantitative estimate of drug-likeness (QED) is 0.836. The fourth-order valence-corrected chi connectivity index (χ4v) is 3.30. The molecular weight excluding hydrogens is 216 g/mol. The minimum Gasteiger partial charge on any atom is -0.481 e. The summed E-state index contributed by atoms with van der Waals surface area (Å²) in [6, 6.07) is 3.79. The summed E-state index contributed by atoms with van der Waals surface area (Å²) in [5.41, 5.74) is 8.16. The number of aromatic nitrogens is 3. The molecule has 3 saturated carbocycles. The van der Waals surface area contributed by atoms with Crippen LogP contribution in [0.3, 0.4) is 0 Å². The van der Waals surface area contributed by atoms with Crippen LogP contribution in [0.5, 0.6) is 5.88 Å². The van der Waals surface area contributed by atoms with Gasteiger partial charge in [0.15, 0.2) is 0 Å². The van der Waals surface area contributed by atoms with Crippen LogP contribution in [-0.4, -0.2) is 27.4 Å². The van der Waals surface area contributed by atoms with Crippen molar-refractivity contribution >= 4 is 11.0 Å². The molecule has 0 saturated heterocycles. The van der Waals surface area contributed by atoms with E-state index in [2.05, 4.69) is 14.8 Å². The molecule has 2 aromatic rings. The summed E-state index contributed by atoms with van der Waals surface area (Å²) in [5.74, 6) is 0.630. The fourth-order valence-electron chi connectivity index (χ4n) is 3.30. The van der Waals surface area contributed by atoms with Crippen LogP contribution < -0.4 is 10.5 Å². The van der Waals surface area contributed by atoms with Gasteiger partial charge in [-0.25, -0.2) is 4.98 Å². The fraction of sp³-hybridized carbons (Fsp3) is 0.500. The minimum atomic E-state index is 0.100. The third-order valence-corrected chi connectivity index (χ3v) is 4.08. The van der Waals surface area contributed by atoms with Crippen molar-refractivity contribution in [1.29, 1.82) is 0 Å². The Morgan fingerprint density at radius 2 is 2.06 bits per heavy atom. The van der Waals surface area contributed by atoms with Crippen LogP contribution in [0.4, 0.5) is 0 Å². The Morgan fingerprint density at radius 1 is 1.29 bits per heavy atom. The molecule has 2 bridgehead atoms. The number of hydrogen-bond acceptors (Lipinski definition) is 4. The molecule has 0 atom stereocenters. The number of pyridine rings is 1. The van der Waals surface area contributed by atoms with Gasteiger partial charge in [0, 0.05) is 11.6 Å². The molecule has 5 rings (SSSR count). The van der Waals surface area contributed by atoms with E-state index in [1.807, 2.05) is 18.3 Å². The van der Waals surface area contributed by atoms with Crippen molar-refractivity contribution in [2.75, 3.05) is 7.11 Å². The number of ether oxygens (including phenoxy) is 1. The van der Waals surface area contributed by atoms with Crippen molar-refractivity contribution in [2.24, 2.45) is 5.73 Å². The number of nitrogens with two attached hydrogens (primary N) is 1. The third kappa shape index (κ3) is 1.07. The van der Waals surface area contributed by atoms with Crippen molar-refractivity contribution in [2.45, 2.75) is 30.3 Å². The first kappa shape index (κ1) is 9.41. The Balaban J connectivity index is 1.78. The van der Waals surface area contributed by atoms with Gasteiger partial charge in [0.25, 0.3) is 0 Å². The first-order chi connectivity index (χ1) is 8.12. The highest BCUT2D eigenvalue weighted by atomic mass is 16.5. The molecule has 0 amide bonds. The van der Waals surface area contributed by atoms with Gasteiger partial charge >= 0.3 is 0 Å². The van der Waals surface area contributed by atoms with Gasteiger partial charge in [0.1, 0.15) is 11.0 Å². The van der Waals surface area contributed by atoms with E-state index < -0.39 is 0 Å². The van der Waals surface area contributed by atoms with E-state index in [4.69, 9.17) is 10.5 Å². The Hall–Kier alpha value is -1.62. The highest BCUT2D eigenvalue weighted by Gasteiger charge is 2.67. The lowest BCUT2D eigenvalue weighted by Crippen LogP contribution is -2.76. The molecule has 3 aliphatic rings. The number of fused-ring (bicyclic) bond motifs is 1. The third-order valence-electron chi connectivity index (χ3n) is 4.08. The Kier molecular flexibility index (Phi) is 1.45. The predicted molar refractivity (Wildman–Crippen MR) is 62.8 cm³/mol. The Bertz CT molecular complexity index is 598. The lowest BCUT2D eigenvalue weighted by atomic mass is 9.45. The molecule has 3 fully saturated rings. The van der Waals surface area contributed by atoms with Gasteiger partial charge in [-0.2, -0.15) is 5.10 Å². The zero-order valence-electron chi connectivity index (χ0n) is 9.68. The molecule has 0 aliphatic heterocycles. The summed E-state index contributed by atoms with van der Waals surface area (Å²) < 4.78 is 7.17. The van der Waals surface area contributed by atoms with Gasteiger partial charge in [-0.15, -0.1) is 0 Å². The first-order valence-corrected chi connectivity index (χ1v) is 5.82. The lowest BCUT2D eigenvalue weighted by molar-refractivity contribution is -0.122. The first-order valence-electron chi connectivity index (χ1n) is 5.82. The Morgan fingerprint density at radius 3 is 2.71 bits per heavy atom. The van der Waals surface area contributed by atoms with E-state index in [-0.39, 0.29) is 11.1 Å². The molecule has 0 radical (unpaired) electrons. The average molecular weight is 230 g/mol. The van der Waals surface area contributed by atoms with E-state index in [0.29, 0.717) is 5.88 Å². The van der Waals surface area contributed by atoms with Gasteiger partial charge < -0.3 is 10.5 Å². The van der Waals surface area contributed by atoms with Crippen molar-refractivity contribution in [3.63, 3.8) is 0 Å². The molecule has 0 spiro atoms. The second kappa shape index (κ2) is 2.61. The van der Waals surface area contributed by atoms with E-state index in [1.54, 1.807) is 7.11 Å². The molecule has 0 unspecified atom stereocenters. The molecule has 5 heteroatoms. The largest absolute Gasteiger partial charge is 0.481 e. The summed E-state index contributed by atoms with van der Waals surface area (Å²) in [7, 11) is 1.62. The molecule has 3 aliphatic carbocycles. The predicted octanol–water partition coefficient (Wildman–Crippen LogP) is 1.03. The highest BCUT2D eigenvalue weighted by Crippen LogP contribution is 2.63. The van der Waals surface area contributed by atoms with E-state index >= 15 is 0 Å². The molecule has 2 N–H and O–H groups in total. The SMILES string of the molecule is COc1ccc2nn(C34CC(N)(C3)C4)cc2n1. The van der Waals surface area contributed by atoms with Gasteiger partial charge in [-0.05, 0) is 25.3 Å². The molecule has 88 valence electrons. The van der Waals surface area contributed by atoms with Crippen LogP contribution in [0.25, 0.3) is 11.0 Å². The van der Waals surface area contributed by atoms with E-state index in [9.17, 15) is 0 Å². The van der Waals surface area contributed by atoms with Crippen molar-refractivity contribution in [3.8, 4) is 5.88 Å². The normalized spacial score (nSPS) is 34.2. The topological polar surface area (TPSA) is 66.0 Å². The zero-order valence-corrected chi connectivity index (χ0v) is 9.68. The van der Waals surface area contributed by atoms with Crippen molar-refractivity contribution < 1.29 is 4.74 Å². The van der Waals surface area contributed by atoms with Gasteiger partial charge in [-0.3, -0.25) is 4.68 Å². The van der Waals surface area contributed by atoms with Crippen LogP contribution in [-0.2, 0) is 5.54 Å². The number of nitrogens with zero attached hydrogens (tertiary/aromatic N) is 3. The zero-order chi connectivity index (χ0) is 11.7. The average Bonchev–Trinajstić information content (AvgIpc) is 2.65. The van der Waals surface area contributed by atoms with Gasteiger partial charge in [0.2, 0.25) is 5.88 Å². The van der Waals surface area contributed by atoms with Crippen LogP contribution >= 0.6 is 0 Å². The number of rotatable bonds is 2. The number of methoxy groups -OCH3 is 1. The maximum atomic E-state index is 6.07. The second-order valence-corrected chi connectivity index (χ2v) is 5.45. The van der Waals surface area contributed by atoms with Crippen LogP contribution in [0.15, 0.2) is 18.3 Å². The lowest BCUT2D eigenvalue weighted by Gasteiger charge is -2.68. The number of hydrogen-bond donors (Lipinski definition) is 1. The molecule has 0 aromatic carbocycles. The summed E-state index contributed by atoms with van der Waals surface area (Å²) in [6.07, 6.45) is 5.15.